The lowest BCUT2D eigenvalue weighted by molar-refractivity contribution is 0.324. The third kappa shape index (κ3) is 4.32. The number of nitrogens with zero attached hydrogens (tertiary/aromatic N) is 1. The molecule has 0 aliphatic rings. The highest BCUT2D eigenvalue weighted by atomic mass is 15.1. The highest BCUT2D eigenvalue weighted by Gasteiger charge is 2.00. The summed E-state index contributed by atoms with van der Waals surface area (Å²) in [5.74, 6) is 0. The quantitative estimate of drug-likeness (QED) is 0.743. The molecule has 15 heavy (non-hydrogen) atoms. The molecule has 0 fully saturated rings. The van der Waals surface area contributed by atoms with E-state index < -0.39 is 0 Å². The van der Waals surface area contributed by atoms with Gasteiger partial charge in [0.15, 0.2) is 0 Å². The maximum atomic E-state index is 5.48. The van der Waals surface area contributed by atoms with E-state index in [0.717, 1.165) is 26.1 Å². The number of nitrogens with one attached hydrogen (secondary N) is 1. The lowest BCUT2D eigenvalue weighted by Gasteiger charge is -2.16. The van der Waals surface area contributed by atoms with Gasteiger partial charge < -0.3 is 16.0 Å². The van der Waals surface area contributed by atoms with Crippen molar-refractivity contribution in [2.45, 2.75) is 13.0 Å². The molecule has 0 aliphatic heterocycles. The molecule has 3 N–H and O–H groups in total. The van der Waals surface area contributed by atoms with Gasteiger partial charge in [0, 0.05) is 19.3 Å². The van der Waals surface area contributed by atoms with E-state index in [1.807, 2.05) is 7.05 Å². The Kier molecular flexibility index (Phi) is 5.15. The van der Waals surface area contributed by atoms with Gasteiger partial charge in [-0.2, -0.15) is 0 Å². The summed E-state index contributed by atoms with van der Waals surface area (Å²) in [7, 11) is 4.07. The molecule has 0 spiro atoms. The fourth-order valence-electron chi connectivity index (χ4n) is 1.58. The van der Waals surface area contributed by atoms with Gasteiger partial charge in [-0.1, -0.05) is 12.1 Å². The van der Waals surface area contributed by atoms with Crippen LogP contribution in [-0.2, 0) is 6.54 Å². The van der Waals surface area contributed by atoms with E-state index in [1.54, 1.807) is 0 Å². The maximum Gasteiger partial charge on any atom is 0.0340 e. The summed E-state index contributed by atoms with van der Waals surface area (Å²) >= 11 is 0. The summed E-state index contributed by atoms with van der Waals surface area (Å²) in [6.45, 7) is 2.80. The molecule has 0 bridgehead atoms. The van der Waals surface area contributed by atoms with E-state index >= 15 is 0 Å². The molecule has 3 nitrogen and oxygen atoms in total. The van der Waals surface area contributed by atoms with Gasteiger partial charge in [-0.25, -0.2) is 0 Å². The zero-order valence-electron chi connectivity index (χ0n) is 9.66. The minimum absolute atomic E-state index is 0.765. The molecule has 0 radical (unpaired) electrons. The van der Waals surface area contributed by atoms with Crippen LogP contribution in [0.15, 0.2) is 24.3 Å². The van der Waals surface area contributed by atoms with Crippen LogP contribution in [0.4, 0.5) is 5.69 Å². The Hall–Kier alpha value is -1.06. The molecule has 0 unspecified atom stereocenters. The Labute approximate surface area is 92.3 Å². The Morgan fingerprint density at radius 2 is 2.20 bits per heavy atom. The maximum absolute atomic E-state index is 5.48. The van der Waals surface area contributed by atoms with E-state index in [1.165, 1.54) is 11.3 Å². The van der Waals surface area contributed by atoms with Gasteiger partial charge in [0.2, 0.25) is 0 Å². The fraction of sp³-hybridized carbons (Fsp3) is 0.500. The van der Waals surface area contributed by atoms with Gasteiger partial charge >= 0.3 is 0 Å². The van der Waals surface area contributed by atoms with Gasteiger partial charge in [0.1, 0.15) is 0 Å². The molecule has 0 atom stereocenters. The van der Waals surface area contributed by atoms with Gasteiger partial charge in [0.25, 0.3) is 0 Å². The van der Waals surface area contributed by atoms with Gasteiger partial charge in [0.05, 0.1) is 0 Å². The number of hydrogen-bond donors (Lipinski definition) is 2. The molecule has 0 heterocycles. The lowest BCUT2D eigenvalue weighted by atomic mass is 10.2. The van der Waals surface area contributed by atoms with Crippen molar-refractivity contribution in [3.8, 4) is 0 Å². The Morgan fingerprint density at radius 3 is 2.87 bits per heavy atom. The van der Waals surface area contributed by atoms with Crippen LogP contribution in [0.2, 0.25) is 0 Å². The van der Waals surface area contributed by atoms with Crippen molar-refractivity contribution in [1.82, 2.24) is 4.90 Å². The van der Waals surface area contributed by atoms with Crippen molar-refractivity contribution >= 4 is 5.69 Å². The van der Waals surface area contributed by atoms with Crippen LogP contribution in [0, 0.1) is 0 Å². The van der Waals surface area contributed by atoms with Crippen molar-refractivity contribution in [2.24, 2.45) is 5.73 Å². The van der Waals surface area contributed by atoms with Crippen molar-refractivity contribution in [2.75, 3.05) is 32.5 Å². The molecule has 0 saturated carbocycles. The van der Waals surface area contributed by atoms with Crippen LogP contribution in [0.25, 0.3) is 0 Å². The molecule has 3 heteroatoms. The third-order valence-electron chi connectivity index (χ3n) is 2.41. The van der Waals surface area contributed by atoms with E-state index in [9.17, 15) is 0 Å². The first-order valence-corrected chi connectivity index (χ1v) is 5.41. The largest absolute Gasteiger partial charge is 0.388 e. The summed E-state index contributed by atoms with van der Waals surface area (Å²) in [4.78, 5) is 2.29. The molecule has 0 saturated heterocycles. The zero-order valence-corrected chi connectivity index (χ0v) is 9.66. The highest BCUT2D eigenvalue weighted by molar-refractivity contribution is 5.44. The van der Waals surface area contributed by atoms with Crippen molar-refractivity contribution in [1.29, 1.82) is 0 Å². The van der Waals surface area contributed by atoms with Crippen molar-refractivity contribution in [3.63, 3.8) is 0 Å². The number of benzene rings is 1. The molecular weight excluding hydrogens is 186 g/mol. The minimum Gasteiger partial charge on any atom is -0.388 e. The highest BCUT2D eigenvalue weighted by Crippen LogP contribution is 2.11. The lowest BCUT2D eigenvalue weighted by Crippen LogP contribution is -2.21. The van der Waals surface area contributed by atoms with E-state index in [4.69, 9.17) is 5.73 Å². The molecule has 84 valence electrons. The van der Waals surface area contributed by atoms with Crippen LogP contribution in [0.5, 0.6) is 0 Å². The van der Waals surface area contributed by atoms with Gasteiger partial charge in [-0.15, -0.1) is 0 Å². The molecule has 1 aromatic rings. The molecule has 1 aromatic carbocycles. The monoisotopic (exact) mass is 207 g/mol. The normalized spacial score (nSPS) is 10.7. The topological polar surface area (TPSA) is 41.3 Å². The second-order valence-electron chi connectivity index (χ2n) is 3.83. The average Bonchev–Trinajstić information content (AvgIpc) is 2.26. The van der Waals surface area contributed by atoms with Crippen molar-refractivity contribution < 1.29 is 0 Å². The van der Waals surface area contributed by atoms with Crippen LogP contribution < -0.4 is 11.1 Å². The second kappa shape index (κ2) is 6.43. The first kappa shape index (κ1) is 12.0. The number of nitrogens with two attached hydrogens (primary N) is 1. The number of hydrogen-bond acceptors (Lipinski definition) is 3. The van der Waals surface area contributed by atoms with Crippen LogP contribution in [0.1, 0.15) is 12.0 Å². The molecule has 0 aliphatic carbocycles. The van der Waals surface area contributed by atoms with Gasteiger partial charge in [-0.05, 0) is 44.3 Å². The summed E-state index contributed by atoms with van der Waals surface area (Å²) in [6, 6.07) is 8.49. The third-order valence-corrected chi connectivity index (χ3v) is 2.41. The zero-order chi connectivity index (χ0) is 11.1. The van der Waals surface area contributed by atoms with Crippen LogP contribution >= 0.6 is 0 Å². The Bertz CT molecular complexity index is 286. The minimum atomic E-state index is 0.765. The van der Waals surface area contributed by atoms with E-state index in [0.29, 0.717) is 0 Å². The second-order valence-corrected chi connectivity index (χ2v) is 3.83. The van der Waals surface area contributed by atoms with Crippen LogP contribution in [-0.4, -0.2) is 32.1 Å². The Balaban J connectivity index is 2.48. The van der Waals surface area contributed by atoms with E-state index in [-0.39, 0.29) is 0 Å². The fourth-order valence-corrected chi connectivity index (χ4v) is 1.58. The molecule has 0 aromatic heterocycles. The standard InChI is InChI=1S/C12H21N3/c1-14-12-6-3-5-11(9-12)10-15(2)8-4-7-13/h3,5-6,9,14H,4,7-8,10,13H2,1-2H3. The Morgan fingerprint density at radius 1 is 1.40 bits per heavy atom. The number of anilines is 1. The smallest absolute Gasteiger partial charge is 0.0340 e. The summed E-state index contributed by atoms with van der Waals surface area (Å²) < 4.78 is 0. The summed E-state index contributed by atoms with van der Waals surface area (Å²) in [5.41, 5.74) is 7.98. The van der Waals surface area contributed by atoms with Crippen LogP contribution in [0.3, 0.4) is 0 Å². The number of rotatable bonds is 6. The van der Waals surface area contributed by atoms with E-state index in [2.05, 4.69) is 41.5 Å². The molecular formula is C12H21N3. The molecule has 1 rings (SSSR count). The molecule has 0 amide bonds. The predicted octanol–water partition coefficient (Wildman–Crippen LogP) is 1.51. The first-order chi connectivity index (χ1) is 7.26. The summed E-state index contributed by atoms with van der Waals surface area (Å²) in [6.07, 6.45) is 1.06. The van der Waals surface area contributed by atoms with Gasteiger partial charge in [-0.3, -0.25) is 0 Å². The first-order valence-electron chi connectivity index (χ1n) is 5.41. The predicted molar refractivity (Wildman–Crippen MR) is 66.0 cm³/mol. The van der Waals surface area contributed by atoms with Crippen molar-refractivity contribution in [3.05, 3.63) is 29.8 Å². The SMILES string of the molecule is CNc1cccc(CN(C)CCCN)c1. The summed E-state index contributed by atoms with van der Waals surface area (Å²) in [5, 5.41) is 3.15. The average molecular weight is 207 g/mol.